The second-order valence-corrected chi connectivity index (χ2v) is 51.7. The van der Waals surface area contributed by atoms with Crippen LogP contribution in [-0.4, -0.2) is 56.4 Å². The summed E-state index contributed by atoms with van der Waals surface area (Å²) >= 11 is -4.79. The van der Waals surface area contributed by atoms with Crippen molar-refractivity contribution in [3.63, 3.8) is 0 Å². The molecule has 8 nitrogen and oxygen atoms in total. The van der Waals surface area contributed by atoms with E-state index >= 15 is 0 Å². The Morgan fingerprint density at radius 1 is 0.361 bits per heavy atom. The minimum Gasteiger partial charge on any atom is -0.500 e. The van der Waals surface area contributed by atoms with Gasteiger partial charge >= 0.3 is 335 Å². The summed E-state index contributed by atoms with van der Waals surface area (Å²) in [5.41, 5.74) is 18.3. The van der Waals surface area contributed by atoms with Gasteiger partial charge in [0.05, 0.1) is 22.2 Å². The molecule has 0 saturated heterocycles. The van der Waals surface area contributed by atoms with Gasteiger partial charge in [0.25, 0.3) is 0 Å². The summed E-state index contributed by atoms with van der Waals surface area (Å²) < 4.78 is 114. The van der Waals surface area contributed by atoms with Crippen LogP contribution in [0.15, 0.2) is 349 Å². The van der Waals surface area contributed by atoms with Crippen LogP contribution in [-0.2, 0) is 59.3 Å². The van der Waals surface area contributed by atoms with Gasteiger partial charge in [0.2, 0.25) is 5.71 Å². The SMILES string of the molecule is [2H]C([2H])([2H])c1c[c-]c(-c2cc(C([2H])([2H])c3ccccc3)[c]([Ge]([CH3])([CH3])[CH3])cn2)cc1.[2H]C([2H])([2H])c1cc(-c2[c-]cc3oc4nc5ccccc5nc4c3c2)ncc1-c1ccccc1.[2H]C([2H])(c1ccccc1)c1cc(-c2[c-]ccc(-c3ccccc3)c2)nc[c]1[Ge]([CH3])([CH3])[CH3].[2H]C([2H])(c1ccccc1)c1ccnc(-c2[c-]cc3oc4c5ccccc5c5ccccc5c4c3c2)c1.[Ir].[Ir]. The van der Waals surface area contributed by atoms with E-state index in [1.165, 1.54) is 16.8 Å². The molecule has 586 valence electrons. The van der Waals surface area contributed by atoms with Crippen LogP contribution in [0.4, 0.5) is 0 Å². The maximum Gasteiger partial charge on any atom is 0.129 e. The number of aromatic nitrogens is 6. The normalized spacial score (nSPS) is 13.4. The Kier molecular flexibility index (Phi) is 21.0. The molecule has 7 heterocycles. The molecule has 0 N–H and O–H groups in total. The molecule has 20 aromatic rings. The van der Waals surface area contributed by atoms with Crippen molar-refractivity contribution in [1.82, 2.24) is 29.9 Å². The van der Waals surface area contributed by atoms with Crippen LogP contribution in [0, 0.1) is 38.0 Å². The van der Waals surface area contributed by atoms with E-state index in [0.29, 0.717) is 78.4 Å². The minimum atomic E-state index is -2.42. The topological polar surface area (TPSA) is 104 Å². The van der Waals surface area contributed by atoms with Crippen molar-refractivity contribution in [2.24, 2.45) is 0 Å². The van der Waals surface area contributed by atoms with Crippen molar-refractivity contribution in [2.45, 2.75) is 67.4 Å². The number of nitrogens with zero attached hydrogens (tertiary/aromatic N) is 6. The van der Waals surface area contributed by atoms with Crippen molar-refractivity contribution in [3.05, 3.63) is 409 Å². The molecule has 20 rings (SSSR count). The molecule has 0 amide bonds. The van der Waals surface area contributed by atoms with Gasteiger partial charge in [-0.2, -0.15) is 0 Å². The summed E-state index contributed by atoms with van der Waals surface area (Å²) in [6, 6.07) is 112. The molecular formula is C107H86Ge2Ir2N6O2-4. The van der Waals surface area contributed by atoms with Gasteiger partial charge in [0.1, 0.15) is 11.1 Å². The summed E-state index contributed by atoms with van der Waals surface area (Å²) in [6.45, 7) is -4.47. The van der Waals surface area contributed by atoms with Gasteiger partial charge in [0.15, 0.2) is 0 Å². The quantitative estimate of drug-likeness (QED) is 0.0603. The summed E-state index contributed by atoms with van der Waals surface area (Å²) in [6.07, 6.45) is 2.10. The Hall–Kier alpha value is -11.7. The Labute approximate surface area is 745 Å². The van der Waals surface area contributed by atoms with Crippen molar-refractivity contribution in [2.75, 3.05) is 0 Å². The van der Waals surface area contributed by atoms with Gasteiger partial charge in [-0.25, -0.2) is 9.97 Å². The molecule has 0 fully saturated rings. The first-order valence-electron chi connectivity index (χ1n) is 44.8. The monoisotopic (exact) mass is 2030 g/mol. The number of hydrogen-bond acceptors (Lipinski definition) is 8. The summed E-state index contributed by atoms with van der Waals surface area (Å²) in [5.74, 6) is 13.5. The zero-order chi connectivity index (χ0) is 90.4. The van der Waals surface area contributed by atoms with Crippen molar-refractivity contribution in [1.29, 1.82) is 0 Å². The third-order valence-corrected chi connectivity index (χ3v) is 28.8. The Morgan fingerprint density at radius 3 is 1.44 bits per heavy atom. The number of fused-ring (bicyclic) bond motifs is 12. The predicted molar refractivity (Wildman–Crippen MR) is 491 cm³/mol. The molecular weight excluding hydrogens is 1930 g/mol. The van der Waals surface area contributed by atoms with Crippen molar-refractivity contribution < 1.29 is 65.5 Å². The zero-order valence-corrected chi connectivity index (χ0v) is 75.0. The van der Waals surface area contributed by atoms with Crippen LogP contribution in [0.5, 0.6) is 0 Å². The zero-order valence-electron chi connectivity index (χ0n) is 78.0. The maximum atomic E-state index is 9.02. The largest absolute Gasteiger partial charge is 0.500 e. The van der Waals surface area contributed by atoms with Gasteiger partial charge < -0.3 is 18.8 Å². The van der Waals surface area contributed by atoms with E-state index in [1.807, 2.05) is 200 Å². The predicted octanol–water partition coefficient (Wildman–Crippen LogP) is 26.1. The molecule has 0 saturated carbocycles. The van der Waals surface area contributed by atoms with Crippen molar-refractivity contribution in [3.8, 4) is 67.3 Å². The number of hydrogen-bond donors (Lipinski definition) is 0. The smallest absolute Gasteiger partial charge is 0.129 e. The molecule has 119 heavy (non-hydrogen) atoms. The fraction of sp³-hybridized carbons (Fsp3) is 0.103. The number of rotatable bonds is 14. The van der Waals surface area contributed by atoms with E-state index < -0.39 is 59.4 Å². The third kappa shape index (κ3) is 18.8. The van der Waals surface area contributed by atoms with Crippen molar-refractivity contribution >= 4 is 112 Å². The third-order valence-electron chi connectivity index (χ3n) is 20.4. The van der Waals surface area contributed by atoms with Crippen LogP contribution in [0.3, 0.4) is 0 Å². The Balaban J connectivity index is 0.000000134. The van der Waals surface area contributed by atoms with E-state index in [1.54, 1.807) is 67.1 Å². The molecule has 0 aliphatic rings. The van der Waals surface area contributed by atoms with Gasteiger partial charge in [-0.05, 0) is 86.6 Å². The van der Waals surface area contributed by atoms with Gasteiger partial charge in [-0.3, -0.25) is 0 Å². The molecule has 12 heteroatoms. The molecule has 0 atom stereocenters. The molecule has 2 radical (unpaired) electrons. The van der Waals surface area contributed by atoms with E-state index in [0.717, 1.165) is 97.0 Å². The van der Waals surface area contributed by atoms with Crippen LogP contribution < -0.4 is 8.79 Å². The first kappa shape index (κ1) is 68.2. The fourth-order valence-corrected chi connectivity index (χ4v) is 20.3. The van der Waals surface area contributed by atoms with Crippen LogP contribution in [0.2, 0.25) is 34.5 Å². The van der Waals surface area contributed by atoms with Gasteiger partial charge in [0, 0.05) is 75.8 Å². The van der Waals surface area contributed by atoms with Gasteiger partial charge in [-0.1, -0.05) is 139 Å². The molecule has 0 unspecified atom stereocenters. The summed E-state index contributed by atoms with van der Waals surface area (Å²) in [4.78, 5) is 27.8. The van der Waals surface area contributed by atoms with E-state index in [-0.39, 0.29) is 51.3 Å². The average molecular weight is 2030 g/mol. The number of furan rings is 2. The van der Waals surface area contributed by atoms with E-state index in [2.05, 4.69) is 145 Å². The van der Waals surface area contributed by atoms with Crippen LogP contribution >= 0.6 is 0 Å². The maximum absolute atomic E-state index is 9.02. The second kappa shape index (κ2) is 36.7. The number of para-hydroxylation sites is 2. The Morgan fingerprint density at radius 2 is 0.849 bits per heavy atom. The Bertz CT molecular complexity index is 7530. The molecule has 0 aliphatic carbocycles. The molecule has 0 bridgehead atoms. The molecule has 0 spiro atoms. The molecule has 0 aliphatic heterocycles. The number of pyridine rings is 4. The molecule has 13 aromatic carbocycles. The number of benzene rings is 13. The van der Waals surface area contributed by atoms with Crippen LogP contribution in [0.1, 0.15) is 61.0 Å². The van der Waals surface area contributed by atoms with Gasteiger partial charge in [-0.15, -0.1) is 47.5 Å². The van der Waals surface area contributed by atoms with E-state index in [4.69, 9.17) is 35.3 Å². The van der Waals surface area contributed by atoms with E-state index in [9.17, 15) is 0 Å². The first-order valence-corrected chi connectivity index (χ1v) is 53.4. The fourth-order valence-electron chi connectivity index (χ4n) is 14.5. The second-order valence-electron chi connectivity index (χ2n) is 30.6. The molecule has 7 aromatic heterocycles. The summed E-state index contributed by atoms with van der Waals surface area (Å²) in [7, 11) is 0. The number of aryl methyl sites for hydroxylation is 2. The average Bonchev–Trinajstić information content (AvgIpc) is 1.58. The standard InChI is InChI=1S/C32H20NO.C27H26GeN.C26H16N3O.C22H24GeN.2Ir/c1-2-8-21(9-3-1)18-22-16-17-33-29(19-22)23-14-15-30-28(20-23)31-26-12-6-4-10-24(26)25-11-5-7-13-27(25)32(31)34-30;1-28(2,3)26-20-29-27(19-25(26)17-21-11-6-4-7-12-21)24-16-10-15-23(18-24)22-13-8-5-9-14-22;1-16-13-23(27-15-20(16)17-7-3-2-4-8-17)18-11-12-24-19(14-18)25-26(30-24)29-22-10-6-5-9-21(22)28-25;1-17-10-12-19(13-11-17)22-15-20(14-18-8-6-5-7-9-18)21(16-24-22)23(2,3)4;;/h1-13,15-17,19-20H,18H2;4-15,18-20H,17H2,1-3H3;2-10,12-15H,1H3;5-12,15-16H,14H2,1-4H3;;/q4*-1;;/i18D2;17D2;1D3;1D3,14D2;;. The summed E-state index contributed by atoms with van der Waals surface area (Å²) in [5, 5.41) is 7.44. The van der Waals surface area contributed by atoms with Crippen LogP contribution in [0.25, 0.3) is 144 Å². The first-order chi connectivity index (χ1) is 61.7. The minimum absolute atomic E-state index is 0.